The molecule has 1 atom stereocenters. The number of nitrogens with zero attached hydrogens (tertiary/aromatic N) is 3. The van der Waals surface area contributed by atoms with Crippen LogP contribution in [0.5, 0.6) is 0 Å². The van der Waals surface area contributed by atoms with Crippen LogP contribution in [0.1, 0.15) is 72.0 Å². The van der Waals surface area contributed by atoms with E-state index in [1.807, 2.05) is 6.07 Å². The topological polar surface area (TPSA) is 93.9 Å². The van der Waals surface area contributed by atoms with E-state index < -0.39 is 5.97 Å². The molecule has 206 valence electrons. The molecule has 2 aromatic carbocycles. The molecule has 1 aromatic heterocycles. The van der Waals surface area contributed by atoms with Crippen LogP contribution in [-0.2, 0) is 40.2 Å². The number of amides is 1. The van der Waals surface area contributed by atoms with E-state index >= 15 is 0 Å². The van der Waals surface area contributed by atoms with Crippen molar-refractivity contribution < 1.29 is 24.2 Å². The lowest BCUT2D eigenvalue weighted by Gasteiger charge is -2.30. The SMILES string of the molecule is COC(=O)N1CCc2c([C@H]3CCOC3)cc3c(nc([C@H]4CC[C@H](C(=O)O)CC4)n3CCc3ccccc3)c2C1. The molecule has 0 bridgehead atoms. The molecule has 3 aromatic rings. The molecule has 3 heterocycles. The fourth-order valence-corrected chi connectivity index (χ4v) is 6.85. The van der Waals surface area contributed by atoms with Crippen LogP contribution in [0.3, 0.4) is 0 Å². The third-order valence-corrected chi connectivity index (χ3v) is 9.02. The summed E-state index contributed by atoms with van der Waals surface area (Å²) in [7, 11) is 1.43. The molecule has 1 amide bonds. The number of aliphatic carboxylic acids is 1. The maximum absolute atomic E-state index is 12.5. The van der Waals surface area contributed by atoms with E-state index in [1.165, 1.54) is 23.8 Å². The van der Waals surface area contributed by atoms with E-state index in [4.69, 9.17) is 14.5 Å². The predicted octanol–water partition coefficient (Wildman–Crippen LogP) is 5.27. The Morgan fingerprint density at radius 3 is 2.56 bits per heavy atom. The molecule has 39 heavy (non-hydrogen) atoms. The van der Waals surface area contributed by atoms with Crippen LogP contribution in [-0.4, -0.2) is 58.5 Å². The quantitative estimate of drug-likeness (QED) is 0.466. The van der Waals surface area contributed by atoms with Crippen molar-refractivity contribution in [1.29, 1.82) is 0 Å². The van der Waals surface area contributed by atoms with Crippen molar-refractivity contribution in [2.45, 2.75) is 69.9 Å². The van der Waals surface area contributed by atoms with Crippen LogP contribution in [0.4, 0.5) is 4.79 Å². The molecule has 3 aliphatic rings. The molecular weight excluding hydrogens is 494 g/mol. The maximum atomic E-state index is 12.5. The van der Waals surface area contributed by atoms with Gasteiger partial charge in [-0.05, 0) is 67.7 Å². The number of ether oxygens (including phenoxy) is 2. The van der Waals surface area contributed by atoms with Crippen molar-refractivity contribution in [2.75, 3.05) is 26.9 Å². The molecule has 0 unspecified atom stereocenters. The number of hydrogen-bond acceptors (Lipinski definition) is 5. The zero-order valence-electron chi connectivity index (χ0n) is 22.6. The van der Waals surface area contributed by atoms with Gasteiger partial charge in [-0.2, -0.15) is 0 Å². The van der Waals surface area contributed by atoms with Crippen molar-refractivity contribution in [3.63, 3.8) is 0 Å². The third-order valence-electron chi connectivity index (χ3n) is 9.02. The van der Waals surface area contributed by atoms with Crippen LogP contribution in [0.15, 0.2) is 36.4 Å². The van der Waals surface area contributed by atoms with Crippen LogP contribution >= 0.6 is 0 Å². The molecule has 6 rings (SSSR count). The first-order valence-corrected chi connectivity index (χ1v) is 14.3. The minimum Gasteiger partial charge on any atom is -0.481 e. The second-order valence-corrected chi connectivity index (χ2v) is 11.2. The Morgan fingerprint density at radius 2 is 1.87 bits per heavy atom. The molecule has 8 heteroatoms. The highest BCUT2D eigenvalue weighted by atomic mass is 16.5. The van der Waals surface area contributed by atoms with E-state index in [1.54, 1.807) is 4.90 Å². The molecule has 2 fully saturated rings. The van der Waals surface area contributed by atoms with Crippen molar-refractivity contribution in [3.8, 4) is 0 Å². The van der Waals surface area contributed by atoms with Crippen LogP contribution < -0.4 is 0 Å². The number of methoxy groups -OCH3 is 1. The summed E-state index contributed by atoms with van der Waals surface area (Å²) < 4.78 is 13.3. The average molecular weight is 532 g/mol. The number of aryl methyl sites for hydroxylation is 2. The number of imidazole rings is 1. The first kappa shape index (κ1) is 25.9. The average Bonchev–Trinajstić information content (AvgIpc) is 3.64. The molecule has 0 spiro atoms. The Morgan fingerprint density at radius 1 is 1.08 bits per heavy atom. The van der Waals surface area contributed by atoms with Gasteiger partial charge in [-0.3, -0.25) is 4.79 Å². The Hall–Kier alpha value is -3.39. The molecule has 2 aliphatic heterocycles. The van der Waals surface area contributed by atoms with Gasteiger partial charge in [-0.25, -0.2) is 9.78 Å². The van der Waals surface area contributed by atoms with E-state index in [2.05, 4.69) is 34.9 Å². The van der Waals surface area contributed by atoms with Gasteiger partial charge in [-0.15, -0.1) is 0 Å². The lowest BCUT2D eigenvalue weighted by Crippen LogP contribution is -2.36. The molecule has 1 saturated heterocycles. The monoisotopic (exact) mass is 531 g/mol. The number of carboxylic acid groups (broad SMARTS) is 1. The van der Waals surface area contributed by atoms with Crippen molar-refractivity contribution in [1.82, 2.24) is 14.5 Å². The summed E-state index contributed by atoms with van der Waals surface area (Å²) in [5, 5.41) is 9.56. The standard InChI is InChI=1S/C31H37N3O5/c1-38-31(37)33-14-12-24-25(23-13-16-39-19-23)17-27-28(26(24)18-33)32-29(21-7-9-22(10-8-21)30(35)36)34(27)15-11-20-5-3-2-4-6-20/h2-6,17,21-23H,7-16,18-19H2,1H3,(H,35,36)/t21-,22-,23-/m0/s1. The Labute approximate surface area is 228 Å². The van der Waals surface area contributed by atoms with Crippen molar-refractivity contribution >= 4 is 23.1 Å². The van der Waals surface area contributed by atoms with Gasteiger partial charge < -0.3 is 24.0 Å². The van der Waals surface area contributed by atoms with Crippen LogP contribution in [0.2, 0.25) is 0 Å². The van der Waals surface area contributed by atoms with E-state index in [9.17, 15) is 14.7 Å². The van der Waals surface area contributed by atoms with Gasteiger partial charge in [0.1, 0.15) is 5.82 Å². The minimum atomic E-state index is -0.688. The fourth-order valence-electron chi connectivity index (χ4n) is 6.85. The van der Waals surface area contributed by atoms with Gasteiger partial charge >= 0.3 is 12.1 Å². The zero-order valence-corrected chi connectivity index (χ0v) is 22.6. The summed E-state index contributed by atoms with van der Waals surface area (Å²) in [5.41, 5.74) is 7.15. The van der Waals surface area contributed by atoms with Gasteiger partial charge in [0, 0.05) is 37.1 Å². The normalized spacial score (nSPS) is 23.1. The van der Waals surface area contributed by atoms with E-state index in [-0.39, 0.29) is 17.9 Å². The van der Waals surface area contributed by atoms with Gasteiger partial charge in [0.2, 0.25) is 0 Å². The summed E-state index contributed by atoms with van der Waals surface area (Å²) in [4.78, 5) is 31.3. The Kier molecular flexibility index (Phi) is 7.30. The molecule has 1 saturated carbocycles. The Bertz CT molecular complexity index is 1350. The predicted molar refractivity (Wildman–Crippen MR) is 147 cm³/mol. The highest BCUT2D eigenvalue weighted by Crippen LogP contribution is 2.41. The second-order valence-electron chi connectivity index (χ2n) is 11.2. The minimum absolute atomic E-state index is 0.220. The van der Waals surface area contributed by atoms with E-state index in [0.29, 0.717) is 31.8 Å². The number of carbonyl (C=O) groups excluding carboxylic acids is 1. The van der Waals surface area contributed by atoms with Gasteiger partial charge in [0.15, 0.2) is 0 Å². The Balaban J connectivity index is 1.46. The summed E-state index contributed by atoms with van der Waals surface area (Å²) in [6.07, 6.45) is 5.37. The fraction of sp³-hybridized carbons (Fsp3) is 0.516. The largest absolute Gasteiger partial charge is 0.481 e. The first-order chi connectivity index (χ1) is 19.0. The molecule has 0 radical (unpaired) electrons. The lowest BCUT2D eigenvalue weighted by atomic mass is 9.81. The van der Waals surface area contributed by atoms with Crippen molar-refractivity contribution in [2.24, 2.45) is 5.92 Å². The van der Waals surface area contributed by atoms with Gasteiger partial charge in [0.05, 0.1) is 37.2 Å². The molecule has 1 N–H and O–H groups in total. The van der Waals surface area contributed by atoms with E-state index in [0.717, 1.165) is 74.3 Å². The highest BCUT2D eigenvalue weighted by Gasteiger charge is 2.34. The maximum Gasteiger partial charge on any atom is 0.409 e. The number of benzene rings is 2. The summed E-state index contributed by atoms with van der Waals surface area (Å²) in [5.74, 6) is 0.671. The van der Waals surface area contributed by atoms with Crippen molar-refractivity contribution in [3.05, 3.63) is 64.5 Å². The zero-order chi connectivity index (χ0) is 26.9. The third kappa shape index (κ3) is 5.02. The summed E-state index contributed by atoms with van der Waals surface area (Å²) in [6, 6.07) is 12.9. The number of hydrogen-bond donors (Lipinski definition) is 1. The smallest absolute Gasteiger partial charge is 0.409 e. The number of rotatable bonds is 6. The second kappa shape index (κ2) is 11.0. The molecule has 1 aliphatic carbocycles. The highest BCUT2D eigenvalue weighted by molar-refractivity contribution is 5.84. The van der Waals surface area contributed by atoms with Crippen LogP contribution in [0, 0.1) is 5.92 Å². The van der Waals surface area contributed by atoms with Gasteiger partial charge in [0.25, 0.3) is 0 Å². The first-order valence-electron chi connectivity index (χ1n) is 14.3. The summed E-state index contributed by atoms with van der Waals surface area (Å²) in [6.45, 7) is 3.42. The number of aromatic nitrogens is 2. The summed E-state index contributed by atoms with van der Waals surface area (Å²) >= 11 is 0. The number of fused-ring (bicyclic) bond motifs is 3. The number of carbonyl (C=O) groups is 2. The van der Waals surface area contributed by atoms with Gasteiger partial charge in [-0.1, -0.05) is 30.3 Å². The lowest BCUT2D eigenvalue weighted by molar-refractivity contribution is -0.142. The van der Waals surface area contributed by atoms with Crippen LogP contribution in [0.25, 0.3) is 11.0 Å². The number of carboxylic acids is 1. The molecule has 8 nitrogen and oxygen atoms in total. The molecular formula is C31H37N3O5.